The number of aromatic nitrogens is 2. The molecule has 6 nitrogen and oxygen atoms in total. The molecule has 7 heteroatoms. The van der Waals surface area contributed by atoms with Crippen LogP contribution < -0.4 is 5.32 Å². The third-order valence-electron chi connectivity index (χ3n) is 6.53. The van der Waals surface area contributed by atoms with Crippen molar-refractivity contribution in [3.63, 3.8) is 0 Å². The van der Waals surface area contributed by atoms with Crippen LogP contribution in [0, 0.1) is 13.8 Å². The van der Waals surface area contributed by atoms with Gasteiger partial charge in [0.1, 0.15) is 0 Å². The van der Waals surface area contributed by atoms with Crippen molar-refractivity contribution in [1.82, 2.24) is 19.8 Å². The number of benzene rings is 2. The Labute approximate surface area is 209 Å². The van der Waals surface area contributed by atoms with E-state index in [1.165, 1.54) is 5.56 Å². The zero-order valence-electron chi connectivity index (χ0n) is 19.6. The lowest BCUT2D eigenvalue weighted by atomic mass is 9.96. The summed E-state index contributed by atoms with van der Waals surface area (Å²) in [5, 5.41) is 13.7. The van der Waals surface area contributed by atoms with Crippen LogP contribution in [0.3, 0.4) is 0 Å². The summed E-state index contributed by atoms with van der Waals surface area (Å²) in [6, 6.07) is 25.2. The maximum Gasteiger partial charge on any atom is 0.335 e. The molecule has 2 aromatic carbocycles. The van der Waals surface area contributed by atoms with Gasteiger partial charge in [-0.25, -0.2) is 4.79 Å². The normalized spacial score (nSPS) is 17.4. The summed E-state index contributed by atoms with van der Waals surface area (Å²) in [5.41, 5.74) is 6.38. The van der Waals surface area contributed by atoms with Crippen LogP contribution in [0.5, 0.6) is 0 Å². The quantitative estimate of drug-likeness (QED) is 0.361. The molecule has 0 radical (unpaired) electrons. The van der Waals surface area contributed by atoms with Crippen LogP contribution in [0.4, 0.5) is 0 Å². The number of hydrogen-bond acceptors (Lipinski definition) is 3. The molecular weight excluding hydrogens is 456 g/mol. The van der Waals surface area contributed by atoms with Crippen LogP contribution >= 0.6 is 12.2 Å². The van der Waals surface area contributed by atoms with Crippen LogP contribution in [-0.2, 0) is 6.54 Å². The molecule has 0 unspecified atom stereocenters. The van der Waals surface area contributed by atoms with E-state index in [1.807, 2.05) is 49.4 Å². The number of rotatable bonds is 6. The minimum atomic E-state index is -0.941. The summed E-state index contributed by atoms with van der Waals surface area (Å²) >= 11 is 5.83. The molecular formula is C28H26N4O2S. The fourth-order valence-corrected chi connectivity index (χ4v) is 5.26. The highest BCUT2D eigenvalue weighted by molar-refractivity contribution is 7.80. The van der Waals surface area contributed by atoms with E-state index in [0.717, 1.165) is 28.3 Å². The highest BCUT2D eigenvalue weighted by Crippen LogP contribution is 2.42. The van der Waals surface area contributed by atoms with Gasteiger partial charge in [0.05, 0.1) is 23.3 Å². The number of carboxylic acid groups (broad SMARTS) is 1. The van der Waals surface area contributed by atoms with Crippen LogP contribution in [-0.4, -0.2) is 30.6 Å². The average molecular weight is 483 g/mol. The number of aromatic carboxylic acids is 1. The van der Waals surface area contributed by atoms with E-state index in [4.69, 9.17) is 12.2 Å². The van der Waals surface area contributed by atoms with Crippen LogP contribution in [0.2, 0.25) is 0 Å². The van der Waals surface area contributed by atoms with E-state index < -0.39 is 5.97 Å². The van der Waals surface area contributed by atoms with Crippen molar-refractivity contribution in [3.8, 4) is 5.69 Å². The molecule has 0 saturated carbocycles. The molecule has 3 heterocycles. The first-order valence-electron chi connectivity index (χ1n) is 11.5. The number of hydrogen-bond donors (Lipinski definition) is 2. The van der Waals surface area contributed by atoms with E-state index in [0.29, 0.717) is 11.7 Å². The van der Waals surface area contributed by atoms with Gasteiger partial charge >= 0.3 is 5.97 Å². The highest BCUT2D eigenvalue weighted by atomic mass is 32.1. The van der Waals surface area contributed by atoms with Crippen molar-refractivity contribution < 1.29 is 9.90 Å². The molecule has 4 aromatic rings. The van der Waals surface area contributed by atoms with E-state index >= 15 is 0 Å². The highest BCUT2D eigenvalue weighted by Gasteiger charge is 2.41. The van der Waals surface area contributed by atoms with Crippen molar-refractivity contribution in [2.45, 2.75) is 32.5 Å². The molecule has 1 aliphatic heterocycles. The predicted molar refractivity (Wildman–Crippen MR) is 140 cm³/mol. The maximum atomic E-state index is 11.6. The smallest absolute Gasteiger partial charge is 0.335 e. The SMILES string of the molecule is Cc1cc([C@H]2[C@@H](c3ccccn3)NC(=S)N2Cc2ccccc2)c(C)n1-c1cccc(C(=O)O)c1. The number of carbonyl (C=O) groups is 1. The minimum Gasteiger partial charge on any atom is -0.478 e. The van der Waals surface area contributed by atoms with Gasteiger partial charge in [-0.1, -0.05) is 42.5 Å². The van der Waals surface area contributed by atoms with Gasteiger partial charge in [0.25, 0.3) is 0 Å². The van der Waals surface area contributed by atoms with E-state index in [2.05, 4.69) is 44.9 Å². The average Bonchev–Trinajstić information content (AvgIpc) is 3.35. The number of nitrogens with one attached hydrogen (secondary N) is 1. The minimum absolute atomic E-state index is 0.0831. The predicted octanol–water partition coefficient (Wildman–Crippen LogP) is 5.36. The van der Waals surface area contributed by atoms with Gasteiger partial charge in [-0.15, -0.1) is 0 Å². The van der Waals surface area contributed by atoms with Crippen molar-refractivity contribution in [1.29, 1.82) is 0 Å². The summed E-state index contributed by atoms with van der Waals surface area (Å²) in [5.74, 6) is -0.941. The second kappa shape index (κ2) is 9.35. The van der Waals surface area contributed by atoms with Crippen molar-refractivity contribution in [2.75, 3.05) is 0 Å². The Morgan fingerprint density at radius 2 is 1.80 bits per heavy atom. The Bertz CT molecular complexity index is 1380. The lowest BCUT2D eigenvalue weighted by Crippen LogP contribution is -2.29. The van der Waals surface area contributed by atoms with Crippen molar-refractivity contribution in [3.05, 3.63) is 119 Å². The number of pyridine rings is 1. The molecule has 2 atom stereocenters. The Kier molecular flexibility index (Phi) is 6.09. The van der Waals surface area contributed by atoms with Gasteiger partial charge in [0, 0.05) is 29.8 Å². The summed E-state index contributed by atoms with van der Waals surface area (Å²) in [6.07, 6.45) is 1.80. The van der Waals surface area contributed by atoms with Crippen LogP contribution in [0.1, 0.15) is 50.7 Å². The number of nitrogens with zero attached hydrogens (tertiary/aromatic N) is 3. The fraction of sp³-hybridized carbons (Fsp3) is 0.179. The third kappa shape index (κ3) is 4.31. The van der Waals surface area contributed by atoms with Gasteiger partial charge in [-0.3, -0.25) is 4.98 Å². The Balaban J connectivity index is 1.62. The standard InChI is InChI=1S/C28H26N4O2S/c1-18-15-23(19(2)32(18)22-12-8-11-21(16-22)27(33)34)26-25(24-13-6-7-14-29-24)30-28(35)31(26)17-20-9-4-3-5-10-20/h3-16,25-26H,17H2,1-2H3,(H,30,35)(H,33,34)/t25-,26+/m1/s1. The molecule has 5 rings (SSSR count). The number of thiocarbonyl (C=S) groups is 1. The first-order chi connectivity index (χ1) is 16.9. The molecule has 176 valence electrons. The zero-order valence-corrected chi connectivity index (χ0v) is 20.4. The first kappa shape index (κ1) is 22.8. The second-order valence-electron chi connectivity index (χ2n) is 8.76. The largest absolute Gasteiger partial charge is 0.478 e. The lowest BCUT2D eigenvalue weighted by Gasteiger charge is -2.28. The summed E-state index contributed by atoms with van der Waals surface area (Å²) in [7, 11) is 0. The molecule has 0 spiro atoms. The molecule has 2 aromatic heterocycles. The molecule has 0 bridgehead atoms. The molecule has 1 aliphatic rings. The Morgan fingerprint density at radius 3 is 2.51 bits per heavy atom. The second-order valence-corrected chi connectivity index (χ2v) is 9.14. The molecule has 0 amide bonds. The van der Waals surface area contributed by atoms with Crippen LogP contribution in [0.25, 0.3) is 5.69 Å². The van der Waals surface area contributed by atoms with E-state index in [1.54, 1.807) is 24.4 Å². The Morgan fingerprint density at radius 1 is 1.03 bits per heavy atom. The molecule has 1 fully saturated rings. The van der Waals surface area contributed by atoms with E-state index in [9.17, 15) is 9.90 Å². The topological polar surface area (TPSA) is 70.4 Å². The summed E-state index contributed by atoms with van der Waals surface area (Å²) in [6.45, 7) is 4.79. The maximum absolute atomic E-state index is 11.6. The van der Waals surface area contributed by atoms with Gasteiger partial charge in [0.2, 0.25) is 0 Å². The zero-order chi connectivity index (χ0) is 24.5. The Hall–Kier alpha value is -3.97. The molecule has 35 heavy (non-hydrogen) atoms. The van der Waals surface area contributed by atoms with Gasteiger partial charge < -0.3 is 19.9 Å². The molecule has 1 saturated heterocycles. The fourth-order valence-electron chi connectivity index (χ4n) is 4.96. The van der Waals surface area contributed by atoms with Gasteiger partial charge in [0.15, 0.2) is 5.11 Å². The molecule has 0 aliphatic carbocycles. The summed E-state index contributed by atoms with van der Waals surface area (Å²) < 4.78 is 2.11. The monoisotopic (exact) mass is 482 g/mol. The third-order valence-corrected chi connectivity index (χ3v) is 6.89. The van der Waals surface area contributed by atoms with Crippen LogP contribution in [0.15, 0.2) is 85.1 Å². The molecule has 2 N–H and O–H groups in total. The van der Waals surface area contributed by atoms with Crippen molar-refractivity contribution in [2.24, 2.45) is 0 Å². The van der Waals surface area contributed by atoms with Gasteiger partial charge in [-0.05, 0) is 73.6 Å². The summed E-state index contributed by atoms with van der Waals surface area (Å²) in [4.78, 5) is 18.4. The van der Waals surface area contributed by atoms with E-state index in [-0.39, 0.29) is 17.6 Å². The number of carboxylic acids is 1. The lowest BCUT2D eigenvalue weighted by molar-refractivity contribution is 0.0697. The number of aryl methyl sites for hydroxylation is 1. The van der Waals surface area contributed by atoms with Gasteiger partial charge in [-0.2, -0.15) is 0 Å². The van der Waals surface area contributed by atoms with Crippen molar-refractivity contribution >= 4 is 23.3 Å². The first-order valence-corrected chi connectivity index (χ1v) is 11.9.